The molecule has 0 bridgehead atoms. The number of halogens is 1. The molecule has 2 unspecified atom stereocenters. The van der Waals surface area contributed by atoms with Crippen LogP contribution in [0.2, 0.25) is 0 Å². The Morgan fingerprint density at radius 2 is 1.79 bits per heavy atom. The normalized spacial score (nSPS) is 22.6. The Morgan fingerprint density at radius 1 is 1.11 bits per heavy atom. The van der Waals surface area contributed by atoms with Gasteiger partial charge in [0.15, 0.2) is 5.96 Å². The van der Waals surface area contributed by atoms with Gasteiger partial charge in [-0.3, -0.25) is 9.79 Å². The second-order valence-electron chi connectivity index (χ2n) is 7.88. The SMILES string of the molecule is CCNC(=NCC(C)CN1CCN(CC)CC1)NC1CCN(C(=O)CC)C1.I. The number of rotatable bonds is 8. The third-order valence-electron chi connectivity index (χ3n) is 5.57. The molecule has 0 radical (unpaired) electrons. The summed E-state index contributed by atoms with van der Waals surface area (Å²) in [6.07, 6.45) is 1.58. The number of aliphatic imine (C=N–C) groups is 1. The molecule has 7 nitrogen and oxygen atoms in total. The summed E-state index contributed by atoms with van der Waals surface area (Å²) in [5.74, 6) is 1.67. The van der Waals surface area contributed by atoms with Gasteiger partial charge in [0.05, 0.1) is 0 Å². The Bertz CT molecular complexity index is 481. The van der Waals surface area contributed by atoms with E-state index in [2.05, 4.69) is 41.2 Å². The lowest BCUT2D eigenvalue weighted by atomic mass is 10.1. The highest BCUT2D eigenvalue weighted by molar-refractivity contribution is 14.0. The third kappa shape index (κ3) is 8.41. The van der Waals surface area contributed by atoms with Crippen molar-refractivity contribution >= 4 is 35.8 Å². The van der Waals surface area contributed by atoms with Crippen molar-refractivity contribution in [1.29, 1.82) is 0 Å². The molecule has 2 fully saturated rings. The quantitative estimate of drug-likeness (QED) is 0.295. The predicted octanol–water partition coefficient (Wildman–Crippen LogP) is 1.44. The molecule has 164 valence electrons. The molecule has 0 aliphatic carbocycles. The Labute approximate surface area is 188 Å². The molecular formula is C20H41IN6O. The van der Waals surface area contributed by atoms with Crippen molar-refractivity contribution in [2.45, 2.75) is 46.6 Å². The van der Waals surface area contributed by atoms with Gasteiger partial charge in [0, 0.05) is 71.4 Å². The fourth-order valence-corrected chi connectivity index (χ4v) is 3.88. The molecule has 8 heteroatoms. The molecular weight excluding hydrogens is 467 g/mol. The molecule has 2 N–H and O–H groups in total. The van der Waals surface area contributed by atoms with Gasteiger partial charge in [-0.25, -0.2) is 0 Å². The van der Waals surface area contributed by atoms with Crippen LogP contribution in [0, 0.1) is 5.92 Å². The number of nitrogens with one attached hydrogen (secondary N) is 2. The van der Waals surface area contributed by atoms with Crippen LogP contribution in [0.15, 0.2) is 4.99 Å². The summed E-state index contributed by atoms with van der Waals surface area (Å²) in [5.41, 5.74) is 0. The Kier molecular flexibility index (Phi) is 12.3. The fourth-order valence-electron chi connectivity index (χ4n) is 3.88. The lowest BCUT2D eigenvalue weighted by Gasteiger charge is -2.35. The predicted molar refractivity (Wildman–Crippen MR) is 128 cm³/mol. The standard InChI is InChI=1S/C20H40N6O.HI/c1-5-19(27)26-9-8-18(16-26)23-20(21-6-2)22-14-17(4)15-25-12-10-24(7-3)11-13-25;/h17-18H,5-16H2,1-4H3,(H2,21,22,23);1H. The first-order valence-corrected chi connectivity index (χ1v) is 10.8. The zero-order valence-electron chi connectivity index (χ0n) is 18.2. The summed E-state index contributed by atoms with van der Waals surface area (Å²) < 4.78 is 0. The van der Waals surface area contributed by atoms with E-state index < -0.39 is 0 Å². The van der Waals surface area contributed by atoms with Gasteiger partial charge in [-0.15, -0.1) is 24.0 Å². The van der Waals surface area contributed by atoms with Crippen molar-refractivity contribution in [1.82, 2.24) is 25.3 Å². The number of piperazine rings is 1. The minimum Gasteiger partial charge on any atom is -0.357 e. The Balaban J connectivity index is 0.00000392. The van der Waals surface area contributed by atoms with E-state index >= 15 is 0 Å². The molecule has 2 heterocycles. The highest BCUT2D eigenvalue weighted by atomic mass is 127. The van der Waals surface area contributed by atoms with Crippen molar-refractivity contribution < 1.29 is 4.79 Å². The van der Waals surface area contributed by atoms with Crippen molar-refractivity contribution in [2.24, 2.45) is 10.9 Å². The van der Waals surface area contributed by atoms with Gasteiger partial charge in [0.1, 0.15) is 0 Å². The van der Waals surface area contributed by atoms with Crippen LogP contribution in [-0.2, 0) is 4.79 Å². The molecule has 0 aromatic rings. The average Bonchev–Trinajstić information content (AvgIpc) is 3.15. The van der Waals surface area contributed by atoms with Crippen molar-refractivity contribution in [3.05, 3.63) is 0 Å². The zero-order chi connectivity index (χ0) is 19.6. The maximum atomic E-state index is 11.9. The fraction of sp³-hybridized carbons (Fsp3) is 0.900. The molecule has 2 saturated heterocycles. The van der Waals surface area contributed by atoms with Crippen molar-refractivity contribution in [3.63, 3.8) is 0 Å². The number of carbonyl (C=O) groups is 1. The molecule has 28 heavy (non-hydrogen) atoms. The number of likely N-dealkylation sites (N-methyl/N-ethyl adjacent to an activating group) is 1. The summed E-state index contributed by atoms with van der Waals surface area (Å²) in [6, 6.07) is 0.302. The zero-order valence-corrected chi connectivity index (χ0v) is 20.6. The van der Waals surface area contributed by atoms with Gasteiger partial charge >= 0.3 is 0 Å². The maximum absolute atomic E-state index is 11.9. The number of guanidine groups is 1. The molecule has 0 saturated carbocycles. The van der Waals surface area contributed by atoms with Crippen LogP contribution in [-0.4, -0.2) is 98.1 Å². The molecule has 2 aliphatic heterocycles. The number of hydrogen-bond acceptors (Lipinski definition) is 4. The van der Waals surface area contributed by atoms with Crippen LogP contribution in [0.25, 0.3) is 0 Å². The number of nitrogens with zero attached hydrogens (tertiary/aromatic N) is 4. The Hall–Kier alpha value is -0.610. The molecule has 0 spiro atoms. The summed E-state index contributed by atoms with van der Waals surface area (Å²) >= 11 is 0. The monoisotopic (exact) mass is 508 g/mol. The number of amides is 1. The summed E-state index contributed by atoms with van der Waals surface area (Å²) in [5, 5.41) is 6.88. The molecule has 2 rings (SSSR count). The van der Waals surface area contributed by atoms with E-state index in [4.69, 9.17) is 4.99 Å². The van der Waals surface area contributed by atoms with Crippen LogP contribution in [0.3, 0.4) is 0 Å². The van der Waals surface area contributed by atoms with E-state index in [1.807, 2.05) is 11.8 Å². The van der Waals surface area contributed by atoms with Crippen molar-refractivity contribution in [3.8, 4) is 0 Å². The first-order chi connectivity index (χ1) is 13.0. The molecule has 0 aromatic heterocycles. The topological polar surface area (TPSA) is 63.2 Å². The van der Waals surface area contributed by atoms with E-state index in [0.717, 1.165) is 51.6 Å². The minimum atomic E-state index is 0. The largest absolute Gasteiger partial charge is 0.357 e. The highest BCUT2D eigenvalue weighted by Crippen LogP contribution is 2.11. The van der Waals surface area contributed by atoms with Gasteiger partial charge in [0.2, 0.25) is 5.91 Å². The number of carbonyl (C=O) groups excluding carboxylic acids is 1. The van der Waals surface area contributed by atoms with E-state index in [1.165, 1.54) is 26.2 Å². The summed E-state index contributed by atoms with van der Waals surface area (Å²) in [7, 11) is 0. The van der Waals surface area contributed by atoms with Crippen LogP contribution < -0.4 is 10.6 Å². The lowest BCUT2D eigenvalue weighted by Crippen LogP contribution is -2.47. The van der Waals surface area contributed by atoms with Crippen LogP contribution >= 0.6 is 24.0 Å². The molecule has 0 aromatic carbocycles. The minimum absolute atomic E-state index is 0. The highest BCUT2D eigenvalue weighted by Gasteiger charge is 2.25. The van der Waals surface area contributed by atoms with E-state index in [-0.39, 0.29) is 29.9 Å². The van der Waals surface area contributed by atoms with Gasteiger partial charge in [0.25, 0.3) is 0 Å². The van der Waals surface area contributed by atoms with Crippen LogP contribution in [0.1, 0.15) is 40.5 Å². The first kappa shape index (κ1) is 25.4. The van der Waals surface area contributed by atoms with E-state index in [1.54, 1.807) is 0 Å². The molecule has 2 aliphatic rings. The third-order valence-corrected chi connectivity index (χ3v) is 5.57. The second kappa shape index (κ2) is 13.6. The number of likely N-dealkylation sites (tertiary alicyclic amines) is 1. The van der Waals surface area contributed by atoms with Crippen LogP contribution in [0.4, 0.5) is 0 Å². The first-order valence-electron chi connectivity index (χ1n) is 10.8. The molecule has 1 amide bonds. The second-order valence-corrected chi connectivity index (χ2v) is 7.88. The summed E-state index contributed by atoms with van der Waals surface area (Å²) in [6.45, 7) is 18.9. The lowest BCUT2D eigenvalue weighted by molar-refractivity contribution is -0.129. The van der Waals surface area contributed by atoms with Crippen LogP contribution in [0.5, 0.6) is 0 Å². The molecule has 2 atom stereocenters. The average molecular weight is 508 g/mol. The van der Waals surface area contributed by atoms with Gasteiger partial charge in [-0.05, 0) is 25.8 Å². The van der Waals surface area contributed by atoms with Crippen molar-refractivity contribution in [2.75, 3.05) is 65.4 Å². The van der Waals surface area contributed by atoms with Gasteiger partial charge in [-0.1, -0.05) is 20.8 Å². The van der Waals surface area contributed by atoms with Gasteiger partial charge in [-0.2, -0.15) is 0 Å². The van der Waals surface area contributed by atoms with E-state index in [9.17, 15) is 4.79 Å². The smallest absolute Gasteiger partial charge is 0.222 e. The Morgan fingerprint density at radius 3 is 2.39 bits per heavy atom. The maximum Gasteiger partial charge on any atom is 0.222 e. The van der Waals surface area contributed by atoms with Gasteiger partial charge < -0.3 is 25.3 Å². The number of hydrogen-bond donors (Lipinski definition) is 2. The summed E-state index contributed by atoms with van der Waals surface area (Å²) in [4.78, 5) is 23.7. The van der Waals surface area contributed by atoms with E-state index in [0.29, 0.717) is 18.4 Å².